The molecule has 0 unspecified atom stereocenters. The van der Waals surface area contributed by atoms with Gasteiger partial charge in [0, 0.05) is 19.0 Å². The van der Waals surface area contributed by atoms with E-state index < -0.39 is 6.10 Å². The Morgan fingerprint density at radius 3 is 2.85 bits per heavy atom. The molecule has 1 N–H and O–H groups in total. The van der Waals surface area contributed by atoms with Gasteiger partial charge in [-0.2, -0.15) is 0 Å². The molecule has 8 heteroatoms. The largest absolute Gasteiger partial charge is 0.369 e. The second kappa shape index (κ2) is 6.58. The summed E-state index contributed by atoms with van der Waals surface area (Å²) in [5, 5.41) is 6.91. The molecule has 0 bridgehead atoms. The van der Waals surface area contributed by atoms with Crippen molar-refractivity contribution in [1.29, 1.82) is 0 Å². The number of anilines is 1. The van der Waals surface area contributed by atoms with E-state index in [0.29, 0.717) is 22.8 Å². The van der Waals surface area contributed by atoms with Crippen molar-refractivity contribution >= 4 is 27.7 Å². The highest BCUT2D eigenvalue weighted by Gasteiger charge is 2.17. The molecule has 2 heterocycles. The average Bonchev–Trinajstić information content (AvgIpc) is 2.81. The number of hydrogen-bond acceptors (Lipinski definition) is 5. The summed E-state index contributed by atoms with van der Waals surface area (Å²) in [5.74, 6) is 0.562. The van der Waals surface area contributed by atoms with Gasteiger partial charge in [-0.3, -0.25) is 4.79 Å². The number of rotatable bonds is 5. The summed E-state index contributed by atoms with van der Waals surface area (Å²) in [5.41, 5.74) is 0. The zero-order chi connectivity index (χ0) is 14.5. The number of aromatic nitrogens is 4. The monoisotopic (exact) mass is 339 g/mol. The third-order valence-corrected chi connectivity index (χ3v) is 3.03. The molecule has 2 aromatic heterocycles. The number of carbonyl (C=O) groups is 1. The summed E-state index contributed by atoms with van der Waals surface area (Å²) in [6, 6.07) is 1.72. The van der Waals surface area contributed by atoms with E-state index in [9.17, 15) is 4.79 Å². The standard InChI is InChI=1S/C12H14BrN5O2/c1-3-20-8(2)11(19)16-10-9(13)7-18(17-10)12-14-5-4-6-15-12/h4-8H,3H2,1-2H3,(H,16,17,19)/t8-/m0/s1. The summed E-state index contributed by atoms with van der Waals surface area (Å²) >= 11 is 3.34. The molecule has 0 aliphatic carbocycles. The zero-order valence-corrected chi connectivity index (χ0v) is 12.7. The van der Waals surface area contributed by atoms with E-state index in [2.05, 4.69) is 36.3 Å². The lowest BCUT2D eigenvalue weighted by molar-refractivity contribution is -0.126. The van der Waals surface area contributed by atoms with E-state index >= 15 is 0 Å². The molecule has 2 rings (SSSR count). The predicted octanol–water partition coefficient (Wildman–Crippen LogP) is 1.79. The van der Waals surface area contributed by atoms with Crippen LogP contribution >= 0.6 is 15.9 Å². The van der Waals surface area contributed by atoms with E-state index in [1.54, 1.807) is 31.6 Å². The summed E-state index contributed by atoms with van der Waals surface area (Å²) in [6.07, 6.45) is 4.38. The van der Waals surface area contributed by atoms with Gasteiger partial charge in [0.1, 0.15) is 6.10 Å². The number of ether oxygens (including phenoxy) is 1. The Hall–Kier alpha value is -1.80. The first-order chi connectivity index (χ1) is 9.61. The maximum atomic E-state index is 11.9. The van der Waals surface area contributed by atoms with Crippen molar-refractivity contribution in [3.8, 4) is 5.95 Å². The molecule has 0 saturated heterocycles. The highest BCUT2D eigenvalue weighted by atomic mass is 79.9. The van der Waals surface area contributed by atoms with E-state index in [4.69, 9.17) is 4.74 Å². The molecule has 106 valence electrons. The topological polar surface area (TPSA) is 81.9 Å². The Morgan fingerprint density at radius 2 is 2.20 bits per heavy atom. The van der Waals surface area contributed by atoms with Crippen LogP contribution in [0.5, 0.6) is 0 Å². The van der Waals surface area contributed by atoms with Crippen molar-refractivity contribution in [2.24, 2.45) is 0 Å². The van der Waals surface area contributed by atoms with Crippen LogP contribution in [-0.4, -0.2) is 38.4 Å². The molecule has 0 aliphatic heterocycles. The molecular weight excluding hydrogens is 326 g/mol. The molecule has 20 heavy (non-hydrogen) atoms. The van der Waals surface area contributed by atoms with Crippen LogP contribution in [0.2, 0.25) is 0 Å². The Kier molecular flexibility index (Phi) is 4.80. The summed E-state index contributed by atoms with van der Waals surface area (Å²) < 4.78 is 7.34. The van der Waals surface area contributed by atoms with Crippen LogP contribution in [0.25, 0.3) is 5.95 Å². The first-order valence-corrected chi connectivity index (χ1v) is 6.86. The van der Waals surface area contributed by atoms with Gasteiger partial charge in [-0.1, -0.05) is 0 Å². The summed E-state index contributed by atoms with van der Waals surface area (Å²) in [4.78, 5) is 20.0. The molecule has 2 aromatic rings. The molecular formula is C12H14BrN5O2. The summed E-state index contributed by atoms with van der Waals surface area (Å²) in [6.45, 7) is 3.99. The van der Waals surface area contributed by atoms with Gasteiger partial charge in [0.2, 0.25) is 0 Å². The van der Waals surface area contributed by atoms with Gasteiger partial charge in [-0.25, -0.2) is 14.6 Å². The van der Waals surface area contributed by atoms with Crippen LogP contribution in [0.3, 0.4) is 0 Å². The van der Waals surface area contributed by atoms with Crippen LogP contribution in [0.1, 0.15) is 13.8 Å². The fourth-order valence-corrected chi connectivity index (χ4v) is 1.87. The fourth-order valence-electron chi connectivity index (χ4n) is 1.49. The van der Waals surface area contributed by atoms with Gasteiger partial charge in [0.25, 0.3) is 11.9 Å². The van der Waals surface area contributed by atoms with Gasteiger partial charge in [0.15, 0.2) is 5.82 Å². The van der Waals surface area contributed by atoms with Gasteiger partial charge >= 0.3 is 0 Å². The maximum absolute atomic E-state index is 11.9. The number of carbonyl (C=O) groups excluding carboxylic acids is 1. The molecule has 1 atom stereocenters. The van der Waals surface area contributed by atoms with Gasteiger partial charge in [-0.15, -0.1) is 5.10 Å². The van der Waals surface area contributed by atoms with Gasteiger partial charge < -0.3 is 10.1 Å². The van der Waals surface area contributed by atoms with Gasteiger partial charge in [0.05, 0.1) is 10.7 Å². The van der Waals surface area contributed by atoms with E-state index in [1.807, 2.05) is 6.92 Å². The first kappa shape index (κ1) is 14.6. The van der Waals surface area contributed by atoms with Crippen molar-refractivity contribution in [1.82, 2.24) is 19.7 Å². The number of nitrogens with zero attached hydrogens (tertiary/aromatic N) is 4. The lowest BCUT2D eigenvalue weighted by Crippen LogP contribution is -2.28. The second-order valence-corrected chi connectivity index (χ2v) is 4.76. The highest BCUT2D eigenvalue weighted by Crippen LogP contribution is 2.21. The van der Waals surface area contributed by atoms with Crippen molar-refractivity contribution in [3.05, 3.63) is 29.1 Å². The highest BCUT2D eigenvalue weighted by molar-refractivity contribution is 9.10. The Bertz CT molecular complexity index is 587. The smallest absolute Gasteiger partial charge is 0.254 e. The van der Waals surface area contributed by atoms with Crippen LogP contribution in [0, 0.1) is 0 Å². The van der Waals surface area contributed by atoms with Crippen LogP contribution < -0.4 is 5.32 Å². The van der Waals surface area contributed by atoms with Crippen molar-refractivity contribution in [2.45, 2.75) is 20.0 Å². The molecule has 7 nitrogen and oxygen atoms in total. The van der Waals surface area contributed by atoms with Crippen molar-refractivity contribution < 1.29 is 9.53 Å². The second-order valence-electron chi connectivity index (χ2n) is 3.91. The van der Waals surface area contributed by atoms with Crippen LogP contribution in [0.15, 0.2) is 29.1 Å². The molecule has 0 fully saturated rings. The normalized spacial score (nSPS) is 12.2. The Balaban J connectivity index is 2.14. The average molecular weight is 340 g/mol. The lowest BCUT2D eigenvalue weighted by atomic mass is 10.4. The molecule has 0 radical (unpaired) electrons. The van der Waals surface area contributed by atoms with Crippen LogP contribution in [-0.2, 0) is 9.53 Å². The van der Waals surface area contributed by atoms with Crippen molar-refractivity contribution in [3.63, 3.8) is 0 Å². The molecule has 1 amide bonds. The Labute approximate surface area is 124 Å². The van der Waals surface area contributed by atoms with Gasteiger partial charge in [-0.05, 0) is 35.8 Å². The minimum Gasteiger partial charge on any atom is -0.369 e. The van der Waals surface area contributed by atoms with Crippen molar-refractivity contribution in [2.75, 3.05) is 11.9 Å². The number of halogens is 1. The minimum atomic E-state index is -0.537. The SMILES string of the molecule is CCO[C@@H](C)C(=O)Nc1nn(-c2ncccn2)cc1Br. The quantitative estimate of drug-likeness (QED) is 0.897. The van der Waals surface area contributed by atoms with E-state index in [1.165, 1.54) is 4.68 Å². The lowest BCUT2D eigenvalue weighted by Gasteiger charge is -2.10. The fraction of sp³-hybridized carbons (Fsp3) is 0.333. The third-order valence-electron chi connectivity index (χ3n) is 2.45. The third kappa shape index (κ3) is 3.40. The van der Waals surface area contributed by atoms with E-state index in [-0.39, 0.29) is 5.91 Å². The predicted molar refractivity (Wildman–Crippen MR) is 76.6 cm³/mol. The van der Waals surface area contributed by atoms with E-state index in [0.717, 1.165) is 0 Å². The number of amides is 1. The first-order valence-electron chi connectivity index (χ1n) is 6.06. The molecule has 0 spiro atoms. The summed E-state index contributed by atoms with van der Waals surface area (Å²) in [7, 11) is 0. The number of nitrogens with one attached hydrogen (secondary N) is 1. The molecule has 0 aromatic carbocycles. The molecule has 0 aliphatic rings. The zero-order valence-electron chi connectivity index (χ0n) is 11.1. The maximum Gasteiger partial charge on any atom is 0.254 e. The molecule has 0 saturated carbocycles. The number of hydrogen-bond donors (Lipinski definition) is 1. The Morgan fingerprint density at radius 1 is 1.50 bits per heavy atom. The van der Waals surface area contributed by atoms with Crippen LogP contribution in [0.4, 0.5) is 5.82 Å². The minimum absolute atomic E-state index is 0.258.